The summed E-state index contributed by atoms with van der Waals surface area (Å²) in [6, 6.07) is 3.69. The number of hydrogen-bond acceptors (Lipinski definition) is 6. The molecule has 0 aliphatic carbocycles. The number of phenols is 2. The fraction of sp³-hybridized carbons (Fsp3) is 0.0833. The number of ether oxygens (including phenoxy) is 1. The van der Waals surface area contributed by atoms with Crippen molar-refractivity contribution in [3.63, 3.8) is 0 Å². The van der Waals surface area contributed by atoms with Crippen LogP contribution in [0.2, 0.25) is 0 Å². The van der Waals surface area contributed by atoms with E-state index in [0.29, 0.717) is 5.56 Å². The largest absolute Gasteiger partial charge is 0.504 e. The van der Waals surface area contributed by atoms with E-state index < -0.39 is 29.8 Å². The van der Waals surface area contributed by atoms with Gasteiger partial charge in [-0.05, 0) is 23.8 Å². The molecule has 0 spiro atoms. The summed E-state index contributed by atoms with van der Waals surface area (Å²) in [6.07, 6.45) is -0.340. The topological polar surface area (TPSA) is 141 Å². The Labute approximate surface area is 112 Å². The summed E-state index contributed by atoms with van der Waals surface area (Å²) in [5.41, 5.74) is 0.319. The molecule has 20 heavy (non-hydrogen) atoms. The molecule has 1 aromatic carbocycles. The SMILES string of the molecule is O=C(C=Cc1ccc(O)c(O)c1)OC(C(=O)O)C(=O)O. The van der Waals surface area contributed by atoms with Crippen molar-refractivity contribution in [2.45, 2.75) is 6.10 Å². The second-order valence-electron chi connectivity index (χ2n) is 3.57. The number of carbonyl (C=O) groups excluding carboxylic acids is 1. The van der Waals surface area contributed by atoms with Gasteiger partial charge in [-0.2, -0.15) is 0 Å². The molecule has 8 heteroatoms. The Morgan fingerprint density at radius 2 is 1.65 bits per heavy atom. The molecule has 8 nitrogen and oxygen atoms in total. The minimum Gasteiger partial charge on any atom is -0.504 e. The zero-order valence-electron chi connectivity index (χ0n) is 9.89. The molecule has 0 atom stereocenters. The number of aromatic hydroxyl groups is 2. The molecule has 0 saturated carbocycles. The van der Waals surface area contributed by atoms with Crippen molar-refractivity contribution >= 4 is 24.0 Å². The molecule has 1 aromatic rings. The summed E-state index contributed by atoms with van der Waals surface area (Å²) < 4.78 is 4.21. The van der Waals surface area contributed by atoms with E-state index >= 15 is 0 Å². The van der Waals surface area contributed by atoms with Gasteiger partial charge in [0.05, 0.1) is 0 Å². The van der Waals surface area contributed by atoms with Crippen LogP contribution in [0, 0.1) is 0 Å². The van der Waals surface area contributed by atoms with Crippen LogP contribution in [-0.4, -0.2) is 44.4 Å². The first-order chi connectivity index (χ1) is 9.31. The lowest BCUT2D eigenvalue weighted by Crippen LogP contribution is -2.34. The Balaban J connectivity index is 2.74. The van der Waals surface area contributed by atoms with Gasteiger partial charge in [-0.15, -0.1) is 0 Å². The second-order valence-corrected chi connectivity index (χ2v) is 3.57. The molecule has 0 radical (unpaired) electrons. The third kappa shape index (κ3) is 4.02. The van der Waals surface area contributed by atoms with E-state index in [1.807, 2.05) is 0 Å². The fourth-order valence-corrected chi connectivity index (χ4v) is 1.17. The lowest BCUT2D eigenvalue weighted by molar-refractivity contribution is -0.172. The van der Waals surface area contributed by atoms with Crippen LogP contribution in [0.1, 0.15) is 5.56 Å². The smallest absolute Gasteiger partial charge is 0.356 e. The molecule has 4 N–H and O–H groups in total. The molecule has 0 saturated heterocycles. The van der Waals surface area contributed by atoms with Crippen LogP contribution < -0.4 is 0 Å². The van der Waals surface area contributed by atoms with Crippen molar-refractivity contribution in [3.05, 3.63) is 29.8 Å². The highest BCUT2D eigenvalue weighted by atomic mass is 16.6. The van der Waals surface area contributed by atoms with Crippen LogP contribution in [-0.2, 0) is 19.1 Å². The Kier molecular flexibility index (Phi) is 4.68. The number of carboxylic acids is 2. The van der Waals surface area contributed by atoms with Crippen molar-refractivity contribution < 1.29 is 39.5 Å². The van der Waals surface area contributed by atoms with Crippen LogP contribution in [0.5, 0.6) is 11.5 Å². The predicted molar refractivity (Wildman–Crippen MR) is 64.0 cm³/mol. The van der Waals surface area contributed by atoms with E-state index in [2.05, 4.69) is 4.74 Å². The summed E-state index contributed by atoms with van der Waals surface area (Å²) in [6.45, 7) is 0. The molecule has 0 unspecified atom stereocenters. The maximum atomic E-state index is 11.2. The van der Waals surface area contributed by atoms with Crippen molar-refractivity contribution in [3.8, 4) is 11.5 Å². The van der Waals surface area contributed by atoms with Crippen LogP contribution in [0.3, 0.4) is 0 Å². The monoisotopic (exact) mass is 282 g/mol. The van der Waals surface area contributed by atoms with Crippen LogP contribution >= 0.6 is 0 Å². The lowest BCUT2D eigenvalue weighted by atomic mass is 10.2. The number of carbonyl (C=O) groups is 3. The number of phenolic OH excluding ortho intramolecular Hbond substituents is 2. The molecule has 0 aromatic heterocycles. The average molecular weight is 282 g/mol. The molecule has 0 heterocycles. The normalized spacial score (nSPS) is 10.7. The number of aliphatic carboxylic acids is 2. The van der Waals surface area contributed by atoms with Gasteiger partial charge in [0.1, 0.15) is 0 Å². The Morgan fingerprint density at radius 3 is 2.15 bits per heavy atom. The van der Waals surface area contributed by atoms with Crippen molar-refractivity contribution in [2.75, 3.05) is 0 Å². The van der Waals surface area contributed by atoms with Crippen molar-refractivity contribution in [2.24, 2.45) is 0 Å². The van der Waals surface area contributed by atoms with Gasteiger partial charge in [0, 0.05) is 6.08 Å². The number of esters is 1. The zero-order valence-corrected chi connectivity index (χ0v) is 9.89. The first kappa shape index (κ1) is 15.0. The minimum atomic E-state index is -2.29. The molecule has 0 aliphatic rings. The predicted octanol–water partition coefficient (Wildman–Crippen LogP) is 0.192. The molecule has 0 bridgehead atoms. The maximum absolute atomic E-state index is 11.2. The molecule has 1 rings (SSSR count). The summed E-state index contributed by atoms with van der Waals surface area (Å²) >= 11 is 0. The highest BCUT2D eigenvalue weighted by molar-refractivity contribution is 5.99. The van der Waals surface area contributed by atoms with E-state index in [1.165, 1.54) is 12.1 Å². The molecule has 106 valence electrons. The van der Waals surface area contributed by atoms with Gasteiger partial charge in [-0.25, -0.2) is 14.4 Å². The molecular formula is C12H10O8. The van der Waals surface area contributed by atoms with Crippen molar-refractivity contribution in [1.29, 1.82) is 0 Å². The van der Waals surface area contributed by atoms with Gasteiger partial charge in [0.15, 0.2) is 11.5 Å². The van der Waals surface area contributed by atoms with Crippen LogP contribution in [0.4, 0.5) is 0 Å². The van der Waals surface area contributed by atoms with Gasteiger partial charge in [0.25, 0.3) is 6.10 Å². The molecule has 0 amide bonds. The van der Waals surface area contributed by atoms with Gasteiger partial charge < -0.3 is 25.2 Å². The van der Waals surface area contributed by atoms with E-state index in [9.17, 15) is 19.5 Å². The van der Waals surface area contributed by atoms with E-state index in [4.69, 9.17) is 15.3 Å². The van der Waals surface area contributed by atoms with Crippen molar-refractivity contribution in [1.82, 2.24) is 0 Å². The highest BCUT2D eigenvalue weighted by Crippen LogP contribution is 2.25. The van der Waals surface area contributed by atoms with Crippen LogP contribution in [0.15, 0.2) is 24.3 Å². The third-order valence-electron chi connectivity index (χ3n) is 2.09. The van der Waals surface area contributed by atoms with Crippen LogP contribution in [0.25, 0.3) is 6.08 Å². The Morgan fingerprint density at radius 1 is 1.05 bits per heavy atom. The summed E-state index contributed by atoms with van der Waals surface area (Å²) in [5.74, 6) is -5.54. The van der Waals surface area contributed by atoms with Gasteiger partial charge in [-0.1, -0.05) is 6.07 Å². The first-order valence-corrected chi connectivity index (χ1v) is 5.17. The zero-order chi connectivity index (χ0) is 15.3. The molecule has 0 fully saturated rings. The number of carboxylic acid groups (broad SMARTS) is 2. The third-order valence-corrected chi connectivity index (χ3v) is 2.09. The van der Waals surface area contributed by atoms with Gasteiger partial charge in [-0.3, -0.25) is 0 Å². The second kappa shape index (κ2) is 6.23. The summed E-state index contributed by atoms with van der Waals surface area (Å²) in [5, 5.41) is 35.3. The van der Waals surface area contributed by atoms with Gasteiger partial charge in [0.2, 0.25) is 0 Å². The van der Waals surface area contributed by atoms with E-state index in [1.54, 1.807) is 0 Å². The average Bonchev–Trinajstić information content (AvgIpc) is 2.36. The summed E-state index contributed by atoms with van der Waals surface area (Å²) in [4.78, 5) is 32.2. The van der Waals surface area contributed by atoms with E-state index in [0.717, 1.165) is 18.2 Å². The van der Waals surface area contributed by atoms with Gasteiger partial charge >= 0.3 is 17.9 Å². The van der Waals surface area contributed by atoms with E-state index in [-0.39, 0.29) is 5.75 Å². The maximum Gasteiger partial charge on any atom is 0.356 e. The quantitative estimate of drug-likeness (QED) is 0.259. The number of rotatable bonds is 5. The standard InChI is InChI=1S/C12H10O8/c13-7-3-1-6(5-8(7)14)2-4-9(15)20-10(11(16)17)12(18)19/h1-5,10,13-14H,(H,16,17)(H,18,19). The lowest BCUT2D eigenvalue weighted by Gasteiger charge is -2.06. The highest BCUT2D eigenvalue weighted by Gasteiger charge is 2.29. The fourth-order valence-electron chi connectivity index (χ4n) is 1.17. The molecular weight excluding hydrogens is 272 g/mol. The summed E-state index contributed by atoms with van der Waals surface area (Å²) in [7, 11) is 0. The minimum absolute atomic E-state index is 0.319. The number of hydrogen-bond donors (Lipinski definition) is 4. The Hall–Kier alpha value is -3.03. The molecule has 0 aliphatic heterocycles. The first-order valence-electron chi connectivity index (χ1n) is 5.17. The number of benzene rings is 1. The Bertz CT molecular complexity index is 561.